The molecule has 1 aliphatic rings. The molecule has 130 valence electrons. The maximum atomic E-state index is 12.6. The minimum Gasteiger partial charge on any atom is -0.331 e. The highest BCUT2D eigenvalue weighted by Gasteiger charge is 2.33. The predicted molar refractivity (Wildman–Crippen MR) is 99.6 cm³/mol. The number of benzene rings is 2. The molecule has 1 saturated heterocycles. The van der Waals surface area contributed by atoms with Crippen molar-refractivity contribution >= 4 is 29.1 Å². The number of rotatable bonds is 5. The maximum Gasteiger partial charge on any atom is 0.247 e. The van der Waals surface area contributed by atoms with Crippen molar-refractivity contribution in [3.05, 3.63) is 65.2 Å². The molecule has 0 bridgehead atoms. The van der Waals surface area contributed by atoms with E-state index in [-0.39, 0.29) is 17.9 Å². The number of hydrogen-bond donors (Lipinski definition) is 1. The Bertz CT molecular complexity index is 731. The molecule has 0 radical (unpaired) electrons. The van der Waals surface area contributed by atoms with Crippen LogP contribution in [-0.4, -0.2) is 29.3 Å². The lowest BCUT2D eigenvalue weighted by Gasteiger charge is -2.24. The topological polar surface area (TPSA) is 49.4 Å². The summed E-state index contributed by atoms with van der Waals surface area (Å²) >= 11 is 5.86. The second-order valence-corrected chi connectivity index (χ2v) is 6.66. The van der Waals surface area contributed by atoms with Gasteiger partial charge in [-0.25, -0.2) is 0 Å². The SMILES string of the molecule is O=C(Nc1ccc(Cl)cc1)[C@@H]1CCCN1C(=O)CCc1ccccc1. The third kappa shape index (κ3) is 4.60. The Hall–Kier alpha value is -2.33. The molecular formula is C20H21ClN2O2. The van der Waals surface area contributed by atoms with E-state index in [2.05, 4.69) is 5.32 Å². The van der Waals surface area contributed by atoms with Crippen LogP contribution < -0.4 is 5.32 Å². The fraction of sp³-hybridized carbons (Fsp3) is 0.300. The van der Waals surface area contributed by atoms with Crippen molar-refractivity contribution in [1.29, 1.82) is 0 Å². The van der Waals surface area contributed by atoms with Gasteiger partial charge >= 0.3 is 0 Å². The molecule has 0 spiro atoms. The Kier molecular flexibility index (Phi) is 5.71. The third-order valence-corrected chi connectivity index (χ3v) is 4.71. The van der Waals surface area contributed by atoms with Gasteiger partial charge in [-0.15, -0.1) is 0 Å². The smallest absolute Gasteiger partial charge is 0.247 e. The average Bonchev–Trinajstić information content (AvgIpc) is 3.12. The number of carbonyl (C=O) groups is 2. The van der Waals surface area contributed by atoms with E-state index in [1.54, 1.807) is 29.2 Å². The summed E-state index contributed by atoms with van der Waals surface area (Å²) in [6.45, 7) is 0.645. The molecule has 0 aromatic heterocycles. The summed E-state index contributed by atoms with van der Waals surface area (Å²) in [4.78, 5) is 26.8. The maximum absolute atomic E-state index is 12.6. The van der Waals surface area contributed by atoms with Gasteiger partial charge in [-0.05, 0) is 49.1 Å². The summed E-state index contributed by atoms with van der Waals surface area (Å²) in [5.74, 6) is -0.0921. The highest BCUT2D eigenvalue weighted by atomic mass is 35.5. The van der Waals surface area contributed by atoms with Gasteiger partial charge in [0, 0.05) is 23.7 Å². The van der Waals surface area contributed by atoms with E-state index in [4.69, 9.17) is 11.6 Å². The van der Waals surface area contributed by atoms with Crippen LogP contribution in [0.1, 0.15) is 24.8 Å². The number of hydrogen-bond acceptors (Lipinski definition) is 2. The van der Waals surface area contributed by atoms with Gasteiger partial charge in [-0.3, -0.25) is 9.59 Å². The fourth-order valence-corrected chi connectivity index (χ4v) is 3.26. The minimum absolute atomic E-state index is 0.0395. The van der Waals surface area contributed by atoms with E-state index in [1.165, 1.54) is 0 Å². The molecule has 0 unspecified atom stereocenters. The summed E-state index contributed by atoms with van der Waals surface area (Å²) < 4.78 is 0. The molecule has 2 aromatic rings. The number of aryl methyl sites for hydroxylation is 1. The van der Waals surface area contributed by atoms with Crippen LogP contribution in [0.4, 0.5) is 5.69 Å². The molecule has 0 saturated carbocycles. The van der Waals surface area contributed by atoms with E-state index in [1.807, 2.05) is 30.3 Å². The molecule has 5 heteroatoms. The van der Waals surface area contributed by atoms with Crippen molar-refractivity contribution in [3.8, 4) is 0 Å². The first-order chi connectivity index (χ1) is 12.1. The number of halogens is 1. The summed E-state index contributed by atoms with van der Waals surface area (Å²) in [5, 5.41) is 3.50. The highest BCUT2D eigenvalue weighted by Crippen LogP contribution is 2.21. The van der Waals surface area contributed by atoms with Gasteiger partial charge in [0.05, 0.1) is 0 Å². The van der Waals surface area contributed by atoms with Crippen LogP contribution in [-0.2, 0) is 16.0 Å². The highest BCUT2D eigenvalue weighted by molar-refractivity contribution is 6.30. The summed E-state index contributed by atoms with van der Waals surface area (Å²) in [7, 11) is 0. The summed E-state index contributed by atoms with van der Waals surface area (Å²) in [5.41, 5.74) is 1.83. The van der Waals surface area contributed by atoms with Gasteiger partial charge in [0.2, 0.25) is 11.8 Å². The van der Waals surface area contributed by atoms with Crippen molar-refractivity contribution in [1.82, 2.24) is 4.90 Å². The lowest BCUT2D eigenvalue weighted by Crippen LogP contribution is -2.43. The predicted octanol–water partition coefficient (Wildman–Crippen LogP) is 3.90. The second kappa shape index (κ2) is 8.17. The molecule has 25 heavy (non-hydrogen) atoms. The van der Waals surface area contributed by atoms with Crippen LogP contribution in [0.3, 0.4) is 0 Å². The quantitative estimate of drug-likeness (QED) is 0.883. The van der Waals surface area contributed by atoms with Gasteiger partial charge in [-0.1, -0.05) is 41.9 Å². The van der Waals surface area contributed by atoms with Crippen molar-refractivity contribution in [3.63, 3.8) is 0 Å². The first-order valence-corrected chi connectivity index (χ1v) is 8.91. The van der Waals surface area contributed by atoms with Gasteiger partial charge in [0.25, 0.3) is 0 Å². The molecule has 2 amide bonds. The molecule has 1 N–H and O–H groups in total. The van der Waals surface area contributed by atoms with Gasteiger partial charge < -0.3 is 10.2 Å². The number of nitrogens with one attached hydrogen (secondary N) is 1. The molecule has 1 heterocycles. The van der Waals surface area contributed by atoms with Gasteiger partial charge in [-0.2, -0.15) is 0 Å². The first-order valence-electron chi connectivity index (χ1n) is 8.53. The average molecular weight is 357 g/mol. The van der Waals surface area contributed by atoms with E-state index in [9.17, 15) is 9.59 Å². The molecule has 2 aromatic carbocycles. The van der Waals surface area contributed by atoms with E-state index in [0.717, 1.165) is 12.0 Å². The summed E-state index contributed by atoms with van der Waals surface area (Å²) in [6, 6.07) is 16.5. The molecule has 1 fully saturated rings. The van der Waals surface area contributed by atoms with E-state index < -0.39 is 0 Å². The summed E-state index contributed by atoms with van der Waals surface area (Å²) in [6.07, 6.45) is 2.68. The zero-order chi connectivity index (χ0) is 17.6. The Morgan fingerprint density at radius 2 is 1.80 bits per heavy atom. The minimum atomic E-state index is -0.390. The Balaban J connectivity index is 1.58. The van der Waals surface area contributed by atoms with Crippen molar-refractivity contribution < 1.29 is 9.59 Å². The number of amides is 2. The zero-order valence-corrected chi connectivity index (χ0v) is 14.7. The zero-order valence-electron chi connectivity index (χ0n) is 14.0. The lowest BCUT2D eigenvalue weighted by molar-refractivity contribution is -0.136. The van der Waals surface area contributed by atoms with Crippen LogP contribution in [0.5, 0.6) is 0 Å². The standard InChI is InChI=1S/C20H21ClN2O2/c21-16-9-11-17(12-10-16)22-20(25)18-7-4-14-23(18)19(24)13-8-15-5-2-1-3-6-15/h1-3,5-6,9-12,18H,4,7-8,13-14H2,(H,22,25)/t18-/m0/s1. The van der Waals surface area contributed by atoms with Gasteiger partial charge in [0.1, 0.15) is 6.04 Å². The third-order valence-electron chi connectivity index (χ3n) is 4.46. The molecule has 0 aliphatic carbocycles. The van der Waals surface area contributed by atoms with Crippen LogP contribution >= 0.6 is 11.6 Å². The number of carbonyl (C=O) groups excluding carboxylic acids is 2. The second-order valence-electron chi connectivity index (χ2n) is 6.23. The number of anilines is 1. The van der Waals surface area contributed by atoms with Crippen LogP contribution in [0, 0.1) is 0 Å². The van der Waals surface area contributed by atoms with Crippen LogP contribution in [0.25, 0.3) is 0 Å². The number of likely N-dealkylation sites (tertiary alicyclic amines) is 1. The van der Waals surface area contributed by atoms with E-state index in [0.29, 0.717) is 36.5 Å². The normalized spacial score (nSPS) is 16.7. The van der Waals surface area contributed by atoms with Crippen molar-refractivity contribution in [2.75, 3.05) is 11.9 Å². The van der Waals surface area contributed by atoms with Gasteiger partial charge in [0.15, 0.2) is 0 Å². The first kappa shape index (κ1) is 17.5. The number of nitrogens with zero attached hydrogens (tertiary/aromatic N) is 1. The molecule has 3 rings (SSSR count). The van der Waals surface area contributed by atoms with Crippen molar-refractivity contribution in [2.24, 2.45) is 0 Å². The van der Waals surface area contributed by atoms with Crippen molar-refractivity contribution in [2.45, 2.75) is 31.7 Å². The molecular weight excluding hydrogens is 336 g/mol. The van der Waals surface area contributed by atoms with E-state index >= 15 is 0 Å². The van der Waals surface area contributed by atoms with Crippen LogP contribution in [0.2, 0.25) is 5.02 Å². The Morgan fingerprint density at radius 1 is 1.08 bits per heavy atom. The molecule has 1 aliphatic heterocycles. The lowest BCUT2D eigenvalue weighted by atomic mass is 10.1. The fourth-order valence-electron chi connectivity index (χ4n) is 3.14. The largest absolute Gasteiger partial charge is 0.331 e. The van der Waals surface area contributed by atoms with Crippen LogP contribution in [0.15, 0.2) is 54.6 Å². The molecule has 1 atom stereocenters. The Morgan fingerprint density at radius 3 is 2.52 bits per heavy atom. The molecule has 4 nitrogen and oxygen atoms in total. The monoisotopic (exact) mass is 356 g/mol. The Labute approximate surface area is 152 Å².